The van der Waals surface area contributed by atoms with Gasteiger partial charge in [0.05, 0.1) is 12.8 Å². The molecule has 140 valence electrons. The highest BCUT2D eigenvalue weighted by molar-refractivity contribution is 5.78. The summed E-state index contributed by atoms with van der Waals surface area (Å²) < 4.78 is 10.9. The Hall–Kier alpha value is -2.31. The molecule has 1 saturated heterocycles. The molecule has 3 rings (SSSR count). The van der Waals surface area contributed by atoms with Gasteiger partial charge in [-0.05, 0) is 50.2 Å². The largest absolute Gasteiger partial charge is 0.491 e. The molecule has 0 unspecified atom stereocenters. The van der Waals surface area contributed by atoms with E-state index in [1.807, 2.05) is 42.5 Å². The van der Waals surface area contributed by atoms with Crippen molar-refractivity contribution in [3.8, 4) is 5.75 Å². The highest BCUT2D eigenvalue weighted by atomic mass is 16.5. The summed E-state index contributed by atoms with van der Waals surface area (Å²) in [4.78, 5) is 14.6. The molecule has 1 aliphatic heterocycles. The van der Waals surface area contributed by atoms with Gasteiger partial charge in [0.15, 0.2) is 0 Å². The van der Waals surface area contributed by atoms with Crippen LogP contribution in [0.2, 0.25) is 0 Å². The molecule has 2 aromatic rings. The Balaban J connectivity index is 1.32. The van der Waals surface area contributed by atoms with Gasteiger partial charge >= 0.3 is 0 Å². The molecule has 1 fully saturated rings. The zero-order valence-electron chi connectivity index (χ0n) is 14.8. The van der Waals surface area contributed by atoms with Crippen LogP contribution in [0.25, 0.3) is 0 Å². The van der Waals surface area contributed by atoms with Gasteiger partial charge in [-0.1, -0.05) is 18.2 Å². The normalized spacial score (nSPS) is 17.0. The maximum Gasteiger partial charge on any atom is 0.223 e. The number of carbonyl (C=O) groups excluding carboxylic acids is 1. The predicted octanol–water partition coefficient (Wildman–Crippen LogP) is 2.05. The lowest BCUT2D eigenvalue weighted by molar-refractivity contribution is -0.127. The first-order chi connectivity index (χ1) is 12.7. The Bertz CT molecular complexity index is 652. The molecule has 2 heterocycles. The first-order valence-corrected chi connectivity index (χ1v) is 9.09. The molecule has 1 amide bonds. The standard InChI is InChI=1S/C20H26N2O4/c23-17(15-26-18-5-2-1-3-6-18)13-21-20(24)16-8-10-22(11-9-16)14-19-7-4-12-25-19/h1-7,12,16-17,23H,8-11,13-15H2,(H,21,24)/t17-/m1/s1. The molecule has 0 bridgehead atoms. The monoisotopic (exact) mass is 358 g/mol. The van der Waals surface area contributed by atoms with Gasteiger partial charge in [-0.25, -0.2) is 0 Å². The zero-order valence-corrected chi connectivity index (χ0v) is 14.8. The first kappa shape index (κ1) is 18.5. The van der Waals surface area contributed by atoms with Crippen molar-refractivity contribution in [2.45, 2.75) is 25.5 Å². The second-order valence-electron chi connectivity index (χ2n) is 6.65. The predicted molar refractivity (Wildman–Crippen MR) is 97.7 cm³/mol. The van der Waals surface area contributed by atoms with Crippen LogP contribution in [-0.2, 0) is 11.3 Å². The maximum atomic E-state index is 12.3. The molecule has 1 atom stereocenters. The van der Waals surface area contributed by atoms with E-state index in [0.29, 0.717) is 5.75 Å². The Morgan fingerprint density at radius 3 is 2.69 bits per heavy atom. The number of furan rings is 1. The van der Waals surface area contributed by atoms with Crippen LogP contribution < -0.4 is 10.1 Å². The first-order valence-electron chi connectivity index (χ1n) is 9.09. The number of piperidine rings is 1. The average Bonchev–Trinajstić information content (AvgIpc) is 3.19. The number of likely N-dealkylation sites (tertiary alicyclic amines) is 1. The van der Waals surface area contributed by atoms with Crippen molar-refractivity contribution >= 4 is 5.91 Å². The van der Waals surface area contributed by atoms with E-state index in [0.717, 1.165) is 38.2 Å². The Morgan fingerprint density at radius 2 is 2.00 bits per heavy atom. The molecular weight excluding hydrogens is 332 g/mol. The van der Waals surface area contributed by atoms with E-state index in [-0.39, 0.29) is 25.0 Å². The summed E-state index contributed by atoms with van der Waals surface area (Å²) in [6.45, 7) is 2.90. The van der Waals surface area contributed by atoms with E-state index in [2.05, 4.69) is 10.2 Å². The minimum atomic E-state index is -0.724. The molecule has 1 aromatic carbocycles. The second kappa shape index (κ2) is 9.40. The lowest BCUT2D eigenvalue weighted by Crippen LogP contribution is -2.43. The number of aliphatic hydroxyl groups excluding tert-OH is 1. The topological polar surface area (TPSA) is 74.9 Å². The van der Waals surface area contributed by atoms with Gasteiger partial charge in [0, 0.05) is 12.5 Å². The number of rotatable bonds is 8. The molecule has 6 nitrogen and oxygen atoms in total. The molecule has 6 heteroatoms. The van der Waals surface area contributed by atoms with E-state index in [4.69, 9.17) is 9.15 Å². The summed E-state index contributed by atoms with van der Waals surface area (Å²) in [5.74, 6) is 1.68. The minimum Gasteiger partial charge on any atom is -0.491 e. The summed E-state index contributed by atoms with van der Waals surface area (Å²) in [6.07, 6.45) is 2.60. The van der Waals surface area contributed by atoms with Crippen molar-refractivity contribution in [3.63, 3.8) is 0 Å². The zero-order chi connectivity index (χ0) is 18.2. The van der Waals surface area contributed by atoms with E-state index in [9.17, 15) is 9.90 Å². The van der Waals surface area contributed by atoms with Crippen molar-refractivity contribution in [3.05, 3.63) is 54.5 Å². The minimum absolute atomic E-state index is 0.00472. The lowest BCUT2D eigenvalue weighted by Gasteiger charge is -2.30. The van der Waals surface area contributed by atoms with Gasteiger partial charge in [-0.3, -0.25) is 9.69 Å². The number of carbonyl (C=O) groups is 1. The number of nitrogens with zero attached hydrogens (tertiary/aromatic N) is 1. The Morgan fingerprint density at radius 1 is 1.23 bits per heavy atom. The summed E-state index contributed by atoms with van der Waals surface area (Å²) in [6, 6.07) is 13.2. The third-order valence-electron chi connectivity index (χ3n) is 4.62. The maximum absolute atomic E-state index is 12.3. The van der Waals surface area contributed by atoms with Crippen molar-refractivity contribution in [1.82, 2.24) is 10.2 Å². The van der Waals surface area contributed by atoms with Gasteiger partial charge in [-0.15, -0.1) is 0 Å². The van der Waals surface area contributed by atoms with Gasteiger partial charge in [0.25, 0.3) is 0 Å². The number of hydrogen-bond acceptors (Lipinski definition) is 5. The second-order valence-corrected chi connectivity index (χ2v) is 6.65. The Labute approximate surface area is 153 Å². The molecular formula is C20H26N2O4. The number of aliphatic hydroxyl groups is 1. The molecule has 1 aliphatic rings. The van der Waals surface area contributed by atoms with Crippen molar-refractivity contribution in [2.75, 3.05) is 26.2 Å². The summed E-state index contributed by atoms with van der Waals surface area (Å²) >= 11 is 0. The number of para-hydroxylation sites is 1. The molecule has 0 aliphatic carbocycles. The van der Waals surface area contributed by atoms with Crippen molar-refractivity contribution in [2.24, 2.45) is 5.92 Å². The summed E-state index contributed by atoms with van der Waals surface area (Å²) in [5.41, 5.74) is 0. The van der Waals surface area contributed by atoms with Crippen LogP contribution in [0, 0.1) is 5.92 Å². The van der Waals surface area contributed by atoms with E-state index in [1.54, 1.807) is 6.26 Å². The molecule has 2 N–H and O–H groups in total. The number of ether oxygens (including phenoxy) is 1. The fraction of sp³-hybridized carbons (Fsp3) is 0.450. The van der Waals surface area contributed by atoms with E-state index in [1.165, 1.54) is 0 Å². The van der Waals surface area contributed by atoms with Crippen LogP contribution in [0.5, 0.6) is 5.75 Å². The molecule has 26 heavy (non-hydrogen) atoms. The highest BCUT2D eigenvalue weighted by Gasteiger charge is 2.25. The van der Waals surface area contributed by atoms with Crippen LogP contribution in [0.3, 0.4) is 0 Å². The SMILES string of the molecule is O=C(NC[C@@H](O)COc1ccccc1)C1CCN(Cc2ccco2)CC1. The number of benzene rings is 1. The summed E-state index contributed by atoms with van der Waals surface area (Å²) in [7, 11) is 0. The molecule has 0 spiro atoms. The highest BCUT2D eigenvalue weighted by Crippen LogP contribution is 2.19. The van der Waals surface area contributed by atoms with Gasteiger partial charge in [0.1, 0.15) is 24.2 Å². The lowest BCUT2D eigenvalue weighted by atomic mass is 9.96. The van der Waals surface area contributed by atoms with Crippen molar-refractivity contribution in [1.29, 1.82) is 0 Å². The van der Waals surface area contributed by atoms with E-state index < -0.39 is 6.10 Å². The van der Waals surface area contributed by atoms with Gasteiger partial charge in [-0.2, -0.15) is 0 Å². The molecule has 0 saturated carbocycles. The fourth-order valence-electron chi connectivity index (χ4n) is 3.11. The number of nitrogens with one attached hydrogen (secondary N) is 1. The van der Waals surface area contributed by atoms with Crippen LogP contribution >= 0.6 is 0 Å². The van der Waals surface area contributed by atoms with Crippen LogP contribution in [0.1, 0.15) is 18.6 Å². The number of hydrogen-bond donors (Lipinski definition) is 2. The average molecular weight is 358 g/mol. The molecule has 1 aromatic heterocycles. The third kappa shape index (κ3) is 5.61. The quantitative estimate of drug-likeness (QED) is 0.755. The Kier molecular flexibility index (Phi) is 6.68. The van der Waals surface area contributed by atoms with Crippen LogP contribution in [-0.4, -0.2) is 48.3 Å². The van der Waals surface area contributed by atoms with Gasteiger partial charge in [0.2, 0.25) is 5.91 Å². The van der Waals surface area contributed by atoms with E-state index >= 15 is 0 Å². The van der Waals surface area contributed by atoms with Crippen LogP contribution in [0.4, 0.5) is 0 Å². The van der Waals surface area contributed by atoms with Crippen molar-refractivity contribution < 1.29 is 19.1 Å². The van der Waals surface area contributed by atoms with Gasteiger partial charge < -0.3 is 19.6 Å². The van der Waals surface area contributed by atoms with Crippen LogP contribution in [0.15, 0.2) is 53.1 Å². The molecule has 0 radical (unpaired) electrons. The smallest absolute Gasteiger partial charge is 0.223 e. The summed E-state index contributed by atoms with van der Waals surface area (Å²) in [5, 5.41) is 12.8. The third-order valence-corrected chi connectivity index (χ3v) is 4.62. The fourth-order valence-corrected chi connectivity index (χ4v) is 3.11. The number of amides is 1.